The standard InChI is InChI=1S/C22H38O6/c1-17(11-13-19-7-5-15-25-19)27-21(23)9-3-4-10-22(24)28-18(2)12-14-20-8-6-16-26-20/h17-20H,3-16H2,1-2H3/t17-,18-,19-,20-/m0/s1. The molecule has 2 heterocycles. The predicted molar refractivity (Wildman–Crippen MR) is 106 cm³/mol. The molecular formula is C22H38O6. The lowest BCUT2D eigenvalue weighted by Gasteiger charge is -2.16. The lowest BCUT2D eigenvalue weighted by Crippen LogP contribution is -2.18. The van der Waals surface area contributed by atoms with Crippen molar-refractivity contribution in [3.05, 3.63) is 0 Å². The average Bonchev–Trinajstić information content (AvgIpc) is 3.35. The van der Waals surface area contributed by atoms with Gasteiger partial charge in [-0.1, -0.05) is 0 Å². The third-order valence-electron chi connectivity index (χ3n) is 5.52. The van der Waals surface area contributed by atoms with E-state index in [1.54, 1.807) is 0 Å². The van der Waals surface area contributed by atoms with Crippen LogP contribution in [0.15, 0.2) is 0 Å². The summed E-state index contributed by atoms with van der Waals surface area (Å²) >= 11 is 0. The van der Waals surface area contributed by atoms with Crippen LogP contribution in [0.4, 0.5) is 0 Å². The van der Waals surface area contributed by atoms with E-state index in [0.29, 0.717) is 37.9 Å². The second-order valence-electron chi connectivity index (χ2n) is 8.23. The summed E-state index contributed by atoms with van der Waals surface area (Å²) in [5, 5.41) is 0. The molecule has 0 amide bonds. The van der Waals surface area contributed by atoms with Gasteiger partial charge in [-0.05, 0) is 78.1 Å². The molecular weight excluding hydrogens is 360 g/mol. The van der Waals surface area contributed by atoms with Crippen LogP contribution in [0.1, 0.15) is 90.9 Å². The first-order chi connectivity index (χ1) is 13.5. The second-order valence-corrected chi connectivity index (χ2v) is 8.23. The van der Waals surface area contributed by atoms with Gasteiger partial charge >= 0.3 is 11.9 Å². The molecule has 2 rings (SSSR count). The third-order valence-corrected chi connectivity index (χ3v) is 5.52. The molecule has 0 N–H and O–H groups in total. The first-order valence-electron chi connectivity index (χ1n) is 11.1. The number of esters is 2. The topological polar surface area (TPSA) is 71.1 Å². The van der Waals surface area contributed by atoms with Gasteiger partial charge in [0, 0.05) is 26.1 Å². The largest absolute Gasteiger partial charge is 0.463 e. The molecule has 2 fully saturated rings. The molecule has 2 saturated heterocycles. The van der Waals surface area contributed by atoms with Crippen molar-refractivity contribution in [3.8, 4) is 0 Å². The quantitative estimate of drug-likeness (QED) is 0.340. The molecule has 6 nitrogen and oxygen atoms in total. The molecule has 4 atom stereocenters. The Bertz CT molecular complexity index is 412. The molecule has 162 valence electrons. The summed E-state index contributed by atoms with van der Waals surface area (Å²) in [4.78, 5) is 23.8. The first kappa shape index (κ1) is 23.1. The van der Waals surface area contributed by atoms with Crippen LogP contribution in [0.5, 0.6) is 0 Å². The van der Waals surface area contributed by atoms with E-state index in [9.17, 15) is 9.59 Å². The van der Waals surface area contributed by atoms with Gasteiger partial charge in [-0.25, -0.2) is 0 Å². The predicted octanol–water partition coefficient (Wildman–Crippen LogP) is 4.33. The minimum absolute atomic E-state index is 0.0774. The highest BCUT2D eigenvalue weighted by Crippen LogP contribution is 2.20. The Hall–Kier alpha value is -1.14. The van der Waals surface area contributed by atoms with Crippen LogP contribution in [0.3, 0.4) is 0 Å². The Kier molecular flexibility index (Phi) is 10.9. The van der Waals surface area contributed by atoms with Gasteiger partial charge in [0.2, 0.25) is 0 Å². The van der Waals surface area contributed by atoms with Crippen LogP contribution >= 0.6 is 0 Å². The van der Waals surface area contributed by atoms with Crippen molar-refractivity contribution in [2.75, 3.05) is 13.2 Å². The molecule has 2 aliphatic rings. The van der Waals surface area contributed by atoms with E-state index in [1.165, 1.54) is 0 Å². The molecule has 0 bridgehead atoms. The number of hydrogen-bond acceptors (Lipinski definition) is 6. The van der Waals surface area contributed by atoms with Crippen molar-refractivity contribution in [1.82, 2.24) is 0 Å². The molecule has 28 heavy (non-hydrogen) atoms. The maximum absolute atomic E-state index is 11.9. The van der Waals surface area contributed by atoms with Crippen LogP contribution in [0.25, 0.3) is 0 Å². The summed E-state index contributed by atoms with van der Waals surface area (Å²) in [6, 6.07) is 0. The number of hydrogen-bond donors (Lipinski definition) is 0. The molecule has 0 unspecified atom stereocenters. The number of carbonyl (C=O) groups is 2. The summed E-state index contributed by atoms with van der Waals surface area (Å²) in [5.41, 5.74) is 0. The normalized spacial score (nSPS) is 24.1. The molecule has 0 aromatic heterocycles. The Morgan fingerprint density at radius 3 is 1.61 bits per heavy atom. The summed E-state index contributed by atoms with van der Waals surface area (Å²) in [6.07, 6.45) is 10.6. The van der Waals surface area contributed by atoms with Gasteiger partial charge < -0.3 is 18.9 Å². The van der Waals surface area contributed by atoms with Gasteiger partial charge in [0.15, 0.2) is 0 Å². The molecule has 0 spiro atoms. The number of rotatable bonds is 13. The van der Waals surface area contributed by atoms with Crippen LogP contribution in [-0.4, -0.2) is 49.6 Å². The fraction of sp³-hybridized carbons (Fsp3) is 0.909. The van der Waals surface area contributed by atoms with Crippen LogP contribution in [-0.2, 0) is 28.5 Å². The van der Waals surface area contributed by atoms with E-state index in [2.05, 4.69) is 0 Å². The summed E-state index contributed by atoms with van der Waals surface area (Å²) < 4.78 is 22.1. The van der Waals surface area contributed by atoms with Gasteiger partial charge in [0.1, 0.15) is 0 Å². The highest BCUT2D eigenvalue weighted by molar-refractivity contribution is 5.70. The van der Waals surface area contributed by atoms with Gasteiger partial charge in [-0.3, -0.25) is 9.59 Å². The third kappa shape index (κ3) is 9.87. The molecule has 0 radical (unpaired) electrons. The number of unbranched alkanes of at least 4 members (excludes halogenated alkanes) is 1. The van der Waals surface area contributed by atoms with Gasteiger partial charge in [-0.15, -0.1) is 0 Å². The van der Waals surface area contributed by atoms with E-state index in [0.717, 1.165) is 64.6 Å². The zero-order valence-corrected chi connectivity index (χ0v) is 17.7. The Morgan fingerprint density at radius 2 is 1.25 bits per heavy atom. The fourth-order valence-electron chi connectivity index (χ4n) is 3.81. The average molecular weight is 399 g/mol. The summed E-state index contributed by atoms with van der Waals surface area (Å²) in [6.45, 7) is 5.58. The van der Waals surface area contributed by atoms with E-state index in [4.69, 9.17) is 18.9 Å². The maximum atomic E-state index is 11.9. The van der Waals surface area contributed by atoms with Crippen LogP contribution in [0, 0.1) is 0 Å². The van der Waals surface area contributed by atoms with Crippen molar-refractivity contribution >= 4 is 11.9 Å². The summed E-state index contributed by atoms with van der Waals surface area (Å²) in [7, 11) is 0. The van der Waals surface area contributed by atoms with E-state index in [-0.39, 0.29) is 24.1 Å². The zero-order chi connectivity index (χ0) is 20.2. The zero-order valence-electron chi connectivity index (χ0n) is 17.7. The minimum atomic E-state index is -0.182. The lowest BCUT2D eigenvalue weighted by molar-refractivity contribution is -0.151. The van der Waals surface area contributed by atoms with Crippen molar-refractivity contribution in [2.45, 2.75) is 115 Å². The number of ether oxygens (including phenoxy) is 4. The molecule has 0 aromatic carbocycles. The second kappa shape index (κ2) is 13.2. The fourth-order valence-corrected chi connectivity index (χ4v) is 3.81. The SMILES string of the molecule is C[C@@H](CC[C@@H]1CCCO1)OC(=O)CCCCC(=O)O[C@@H](C)CC[C@@H]1CCCO1. The van der Waals surface area contributed by atoms with E-state index < -0.39 is 0 Å². The molecule has 0 aliphatic carbocycles. The maximum Gasteiger partial charge on any atom is 0.306 e. The van der Waals surface area contributed by atoms with Crippen molar-refractivity contribution in [2.24, 2.45) is 0 Å². The van der Waals surface area contributed by atoms with Gasteiger partial charge in [-0.2, -0.15) is 0 Å². The van der Waals surface area contributed by atoms with E-state index >= 15 is 0 Å². The molecule has 2 aliphatic heterocycles. The smallest absolute Gasteiger partial charge is 0.306 e. The highest BCUT2D eigenvalue weighted by Gasteiger charge is 2.19. The Morgan fingerprint density at radius 1 is 0.821 bits per heavy atom. The Balaban J connectivity index is 1.44. The minimum Gasteiger partial charge on any atom is -0.463 e. The molecule has 6 heteroatoms. The Labute approximate surface area is 169 Å². The van der Waals surface area contributed by atoms with Crippen molar-refractivity contribution < 1.29 is 28.5 Å². The molecule has 0 aromatic rings. The monoisotopic (exact) mass is 398 g/mol. The first-order valence-corrected chi connectivity index (χ1v) is 11.1. The van der Waals surface area contributed by atoms with Crippen LogP contribution in [0.2, 0.25) is 0 Å². The van der Waals surface area contributed by atoms with E-state index in [1.807, 2.05) is 13.8 Å². The van der Waals surface area contributed by atoms with Gasteiger partial charge in [0.05, 0.1) is 24.4 Å². The van der Waals surface area contributed by atoms with Crippen molar-refractivity contribution in [1.29, 1.82) is 0 Å². The lowest BCUT2D eigenvalue weighted by atomic mass is 10.1. The molecule has 0 saturated carbocycles. The highest BCUT2D eigenvalue weighted by atomic mass is 16.5. The number of carbonyl (C=O) groups excluding carboxylic acids is 2. The van der Waals surface area contributed by atoms with Crippen molar-refractivity contribution in [3.63, 3.8) is 0 Å². The van der Waals surface area contributed by atoms with Gasteiger partial charge in [0.25, 0.3) is 0 Å². The van der Waals surface area contributed by atoms with Crippen LogP contribution < -0.4 is 0 Å². The summed E-state index contributed by atoms with van der Waals surface area (Å²) in [5.74, 6) is -0.365.